The van der Waals surface area contributed by atoms with E-state index in [2.05, 4.69) is 5.32 Å². The first-order valence-electron chi connectivity index (χ1n) is 6.02. The number of carbonyl (C=O) groups is 1. The first-order chi connectivity index (χ1) is 8.59. The summed E-state index contributed by atoms with van der Waals surface area (Å²) in [5, 5.41) is 12.3. The number of halogens is 2. The van der Waals surface area contributed by atoms with Crippen molar-refractivity contribution in [3.8, 4) is 0 Å². The Kier molecular flexibility index (Phi) is 4.19. The molecule has 1 aliphatic carbocycles. The minimum Gasteiger partial charge on any atom is -0.391 e. The number of aliphatic hydroxyl groups is 1. The number of benzene rings is 1. The van der Waals surface area contributed by atoms with Gasteiger partial charge in [0.15, 0.2) is 0 Å². The van der Waals surface area contributed by atoms with Gasteiger partial charge in [0, 0.05) is 0 Å². The van der Waals surface area contributed by atoms with E-state index < -0.39 is 17.8 Å². The van der Waals surface area contributed by atoms with Crippen LogP contribution in [0.4, 0.5) is 4.39 Å². The Hall–Kier alpha value is -1.13. The van der Waals surface area contributed by atoms with Crippen molar-refractivity contribution in [1.82, 2.24) is 5.32 Å². The Balaban J connectivity index is 2.09. The molecule has 2 atom stereocenters. The highest BCUT2D eigenvalue weighted by Gasteiger charge is 2.25. The summed E-state index contributed by atoms with van der Waals surface area (Å²) >= 11 is 5.74. The molecular weight excluding hydrogens is 257 g/mol. The molecule has 2 rings (SSSR count). The summed E-state index contributed by atoms with van der Waals surface area (Å²) in [5.41, 5.74) is 0.106. The molecule has 2 unspecified atom stereocenters. The molecular formula is C13H15ClFNO2. The van der Waals surface area contributed by atoms with Crippen LogP contribution in [0, 0.1) is 5.82 Å². The second-order valence-electron chi connectivity index (χ2n) is 4.53. The third-order valence-electron chi connectivity index (χ3n) is 3.24. The molecule has 0 bridgehead atoms. The van der Waals surface area contributed by atoms with E-state index in [0.717, 1.165) is 19.3 Å². The minimum atomic E-state index is -0.617. The van der Waals surface area contributed by atoms with Crippen LogP contribution in [0.3, 0.4) is 0 Å². The zero-order valence-corrected chi connectivity index (χ0v) is 10.6. The summed E-state index contributed by atoms with van der Waals surface area (Å²) in [6.07, 6.45) is 2.82. The van der Waals surface area contributed by atoms with Crippen LogP contribution in [-0.4, -0.2) is 23.2 Å². The van der Waals surface area contributed by atoms with Crippen LogP contribution in [0.15, 0.2) is 18.2 Å². The molecule has 0 saturated heterocycles. The molecule has 2 N–H and O–H groups in total. The summed E-state index contributed by atoms with van der Waals surface area (Å²) in [5.74, 6) is -1.06. The van der Waals surface area contributed by atoms with Crippen molar-refractivity contribution in [2.45, 2.75) is 37.8 Å². The Morgan fingerprint density at radius 1 is 1.39 bits per heavy atom. The van der Waals surface area contributed by atoms with Crippen molar-refractivity contribution < 1.29 is 14.3 Å². The van der Waals surface area contributed by atoms with Gasteiger partial charge in [-0.25, -0.2) is 4.39 Å². The molecule has 1 aromatic rings. The van der Waals surface area contributed by atoms with Gasteiger partial charge in [-0.15, -0.1) is 0 Å². The predicted octanol–water partition coefficient (Wildman–Crippen LogP) is 2.51. The SMILES string of the molecule is O=C(NC1CCCCC1O)c1cccc(F)c1Cl. The van der Waals surface area contributed by atoms with E-state index in [-0.39, 0.29) is 16.6 Å². The predicted molar refractivity (Wildman–Crippen MR) is 67.1 cm³/mol. The molecule has 0 radical (unpaired) electrons. The average molecular weight is 272 g/mol. The van der Waals surface area contributed by atoms with Gasteiger partial charge in [-0.2, -0.15) is 0 Å². The molecule has 3 nitrogen and oxygen atoms in total. The zero-order chi connectivity index (χ0) is 13.1. The van der Waals surface area contributed by atoms with Gasteiger partial charge < -0.3 is 10.4 Å². The fourth-order valence-electron chi connectivity index (χ4n) is 2.20. The topological polar surface area (TPSA) is 49.3 Å². The van der Waals surface area contributed by atoms with E-state index in [0.29, 0.717) is 6.42 Å². The number of hydrogen-bond donors (Lipinski definition) is 2. The van der Waals surface area contributed by atoms with Crippen LogP contribution in [0.5, 0.6) is 0 Å². The lowest BCUT2D eigenvalue weighted by atomic mass is 9.92. The van der Waals surface area contributed by atoms with Gasteiger partial charge >= 0.3 is 0 Å². The first-order valence-corrected chi connectivity index (χ1v) is 6.40. The van der Waals surface area contributed by atoms with E-state index in [9.17, 15) is 14.3 Å². The van der Waals surface area contributed by atoms with Crippen LogP contribution in [0.2, 0.25) is 5.02 Å². The van der Waals surface area contributed by atoms with Crippen LogP contribution in [0.1, 0.15) is 36.0 Å². The van der Waals surface area contributed by atoms with Crippen LogP contribution >= 0.6 is 11.6 Å². The average Bonchev–Trinajstić information content (AvgIpc) is 2.35. The Morgan fingerprint density at radius 3 is 2.83 bits per heavy atom. The third kappa shape index (κ3) is 2.82. The summed E-state index contributed by atoms with van der Waals surface area (Å²) in [4.78, 5) is 12.0. The van der Waals surface area contributed by atoms with Gasteiger partial charge in [0.1, 0.15) is 5.82 Å². The lowest BCUT2D eigenvalue weighted by Gasteiger charge is -2.28. The van der Waals surface area contributed by atoms with Crippen molar-refractivity contribution >= 4 is 17.5 Å². The van der Waals surface area contributed by atoms with E-state index in [1.54, 1.807) is 0 Å². The maximum Gasteiger partial charge on any atom is 0.253 e. The minimum absolute atomic E-state index is 0.106. The number of amides is 1. The monoisotopic (exact) mass is 271 g/mol. The summed E-state index contributed by atoms with van der Waals surface area (Å²) in [6.45, 7) is 0. The van der Waals surface area contributed by atoms with E-state index in [4.69, 9.17) is 11.6 Å². The zero-order valence-electron chi connectivity index (χ0n) is 9.83. The molecule has 1 fully saturated rings. The van der Waals surface area contributed by atoms with Crippen LogP contribution in [0.25, 0.3) is 0 Å². The second-order valence-corrected chi connectivity index (χ2v) is 4.91. The van der Waals surface area contributed by atoms with Gasteiger partial charge in [0.2, 0.25) is 0 Å². The Labute approximate surface area is 110 Å². The van der Waals surface area contributed by atoms with Crippen molar-refractivity contribution in [3.63, 3.8) is 0 Å². The lowest BCUT2D eigenvalue weighted by Crippen LogP contribution is -2.45. The maximum atomic E-state index is 13.2. The van der Waals surface area contributed by atoms with Crippen molar-refractivity contribution in [2.24, 2.45) is 0 Å². The molecule has 0 heterocycles. The molecule has 0 spiro atoms. The highest BCUT2D eigenvalue weighted by molar-refractivity contribution is 6.34. The molecule has 5 heteroatoms. The summed E-state index contributed by atoms with van der Waals surface area (Å²) in [7, 11) is 0. The van der Waals surface area contributed by atoms with Gasteiger partial charge in [0.25, 0.3) is 5.91 Å². The molecule has 98 valence electrons. The second kappa shape index (κ2) is 5.67. The summed E-state index contributed by atoms with van der Waals surface area (Å²) < 4.78 is 13.2. The molecule has 1 amide bonds. The van der Waals surface area contributed by atoms with E-state index in [1.807, 2.05) is 0 Å². The summed E-state index contributed by atoms with van der Waals surface area (Å²) in [6, 6.07) is 3.84. The highest BCUT2D eigenvalue weighted by Crippen LogP contribution is 2.22. The Bertz CT molecular complexity index is 453. The van der Waals surface area contributed by atoms with Crippen molar-refractivity contribution in [1.29, 1.82) is 0 Å². The number of carbonyl (C=O) groups excluding carboxylic acids is 1. The largest absolute Gasteiger partial charge is 0.391 e. The number of nitrogens with one attached hydrogen (secondary N) is 1. The first kappa shape index (κ1) is 13.3. The number of hydrogen-bond acceptors (Lipinski definition) is 2. The third-order valence-corrected chi connectivity index (χ3v) is 3.63. The highest BCUT2D eigenvalue weighted by atomic mass is 35.5. The normalized spacial score (nSPS) is 23.7. The molecule has 0 aliphatic heterocycles. The molecule has 18 heavy (non-hydrogen) atoms. The molecule has 1 aromatic carbocycles. The maximum absolute atomic E-state index is 13.2. The fourth-order valence-corrected chi connectivity index (χ4v) is 2.42. The van der Waals surface area contributed by atoms with Gasteiger partial charge in [0.05, 0.1) is 22.7 Å². The van der Waals surface area contributed by atoms with Gasteiger partial charge in [-0.1, -0.05) is 30.5 Å². The fraction of sp³-hybridized carbons (Fsp3) is 0.462. The van der Waals surface area contributed by atoms with E-state index in [1.165, 1.54) is 18.2 Å². The Morgan fingerprint density at radius 2 is 2.11 bits per heavy atom. The standard InChI is InChI=1S/C13H15ClFNO2/c14-12-8(4-3-5-9(12)15)13(18)16-10-6-1-2-7-11(10)17/h3-5,10-11,17H,1-2,6-7H2,(H,16,18). The van der Waals surface area contributed by atoms with Crippen LogP contribution < -0.4 is 5.32 Å². The van der Waals surface area contributed by atoms with Crippen LogP contribution in [-0.2, 0) is 0 Å². The van der Waals surface area contributed by atoms with Gasteiger partial charge in [-0.3, -0.25) is 4.79 Å². The van der Waals surface area contributed by atoms with Crippen molar-refractivity contribution in [2.75, 3.05) is 0 Å². The number of aliphatic hydroxyl groups excluding tert-OH is 1. The lowest BCUT2D eigenvalue weighted by molar-refractivity contribution is 0.0717. The number of rotatable bonds is 2. The van der Waals surface area contributed by atoms with Gasteiger partial charge in [-0.05, 0) is 25.0 Å². The molecule has 0 aromatic heterocycles. The van der Waals surface area contributed by atoms with Crippen molar-refractivity contribution in [3.05, 3.63) is 34.6 Å². The quantitative estimate of drug-likeness (QED) is 0.868. The molecule has 1 aliphatic rings. The molecule has 1 saturated carbocycles. The van der Waals surface area contributed by atoms with E-state index >= 15 is 0 Å². The smallest absolute Gasteiger partial charge is 0.253 e.